The summed E-state index contributed by atoms with van der Waals surface area (Å²) in [4.78, 5) is 19.6. The first-order chi connectivity index (χ1) is 11.6. The van der Waals surface area contributed by atoms with Gasteiger partial charge in [-0.1, -0.05) is 0 Å². The first kappa shape index (κ1) is 17.9. The third-order valence-electron chi connectivity index (χ3n) is 4.34. The van der Waals surface area contributed by atoms with Crippen LogP contribution in [0.2, 0.25) is 0 Å². The smallest absolute Gasteiger partial charge is 0.263 e. The largest absolute Gasteiger partial charge is 0.353 e. The van der Waals surface area contributed by atoms with Gasteiger partial charge in [0, 0.05) is 19.1 Å². The molecule has 2 aromatic heterocycles. The molecule has 1 saturated heterocycles. The van der Waals surface area contributed by atoms with E-state index in [9.17, 15) is 13.2 Å². The van der Waals surface area contributed by atoms with Crippen LogP contribution in [0.5, 0.6) is 0 Å². The van der Waals surface area contributed by atoms with E-state index in [1.165, 1.54) is 16.8 Å². The number of hydrogen-bond donors (Lipinski definition) is 2. The molecule has 9 nitrogen and oxygen atoms in total. The zero-order chi connectivity index (χ0) is 18.4. The molecule has 3 rings (SSSR count). The lowest BCUT2D eigenvalue weighted by Gasteiger charge is -2.30. The van der Waals surface area contributed by atoms with Gasteiger partial charge in [-0.2, -0.15) is 10.1 Å². The second kappa shape index (κ2) is 6.10. The predicted molar refractivity (Wildman–Crippen MR) is 96.2 cm³/mol. The highest BCUT2D eigenvalue weighted by Gasteiger charge is 2.26. The fourth-order valence-electron chi connectivity index (χ4n) is 3.00. The van der Waals surface area contributed by atoms with Crippen molar-refractivity contribution in [1.82, 2.24) is 24.1 Å². The molecule has 25 heavy (non-hydrogen) atoms. The van der Waals surface area contributed by atoms with Gasteiger partial charge in [0.15, 0.2) is 5.65 Å². The SMILES string of the molecule is CC(C)(C)n1ncc2c(=O)[nH]c(NC3CCN(S(C)(=O)=O)CC3)nc21. The zero-order valence-corrected chi connectivity index (χ0v) is 15.7. The highest BCUT2D eigenvalue weighted by molar-refractivity contribution is 7.88. The minimum atomic E-state index is -3.15. The summed E-state index contributed by atoms with van der Waals surface area (Å²) in [6.45, 7) is 6.91. The van der Waals surface area contributed by atoms with Crippen LogP contribution in [0.15, 0.2) is 11.0 Å². The molecule has 0 aliphatic carbocycles. The van der Waals surface area contributed by atoms with Crippen molar-refractivity contribution in [3.05, 3.63) is 16.6 Å². The zero-order valence-electron chi connectivity index (χ0n) is 14.9. The lowest BCUT2D eigenvalue weighted by Crippen LogP contribution is -2.42. The van der Waals surface area contributed by atoms with Crippen molar-refractivity contribution in [2.75, 3.05) is 24.7 Å². The second-order valence-electron chi connectivity index (χ2n) is 7.46. The number of nitrogens with zero attached hydrogens (tertiary/aromatic N) is 4. The number of hydrogen-bond acceptors (Lipinski definition) is 6. The summed E-state index contributed by atoms with van der Waals surface area (Å²) in [5.74, 6) is 0.390. The molecular formula is C15H24N6O3S. The van der Waals surface area contributed by atoms with Gasteiger partial charge in [0.2, 0.25) is 16.0 Å². The van der Waals surface area contributed by atoms with Gasteiger partial charge < -0.3 is 5.32 Å². The molecule has 1 fully saturated rings. The van der Waals surface area contributed by atoms with Crippen LogP contribution in [-0.2, 0) is 15.6 Å². The molecule has 0 saturated carbocycles. The minimum absolute atomic E-state index is 0.0598. The lowest BCUT2D eigenvalue weighted by molar-refractivity contribution is 0.331. The lowest BCUT2D eigenvalue weighted by atomic mass is 10.1. The van der Waals surface area contributed by atoms with E-state index in [-0.39, 0.29) is 17.1 Å². The molecule has 1 aliphatic rings. The summed E-state index contributed by atoms with van der Waals surface area (Å²) in [6.07, 6.45) is 4.07. The summed E-state index contributed by atoms with van der Waals surface area (Å²) in [5.41, 5.74) is 0.00424. The van der Waals surface area contributed by atoms with E-state index in [4.69, 9.17) is 0 Å². The van der Waals surface area contributed by atoms with E-state index < -0.39 is 10.0 Å². The van der Waals surface area contributed by atoms with Crippen molar-refractivity contribution in [3.8, 4) is 0 Å². The van der Waals surface area contributed by atoms with Gasteiger partial charge in [-0.15, -0.1) is 0 Å². The van der Waals surface area contributed by atoms with Crippen molar-refractivity contribution >= 4 is 27.0 Å². The molecular weight excluding hydrogens is 344 g/mol. The Labute approximate surface area is 146 Å². The molecule has 138 valence electrons. The third-order valence-corrected chi connectivity index (χ3v) is 5.64. The van der Waals surface area contributed by atoms with Crippen molar-refractivity contribution in [2.24, 2.45) is 0 Å². The van der Waals surface area contributed by atoms with Crippen molar-refractivity contribution in [1.29, 1.82) is 0 Å². The first-order valence-corrected chi connectivity index (χ1v) is 10.1. The van der Waals surface area contributed by atoms with Crippen LogP contribution < -0.4 is 10.9 Å². The van der Waals surface area contributed by atoms with Gasteiger partial charge in [0.1, 0.15) is 5.39 Å². The summed E-state index contributed by atoms with van der Waals surface area (Å²) < 4.78 is 26.4. The average molecular weight is 368 g/mol. The Morgan fingerprint density at radius 1 is 1.28 bits per heavy atom. The Hall–Kier alpha value is -1.94. The van der Waals surface area contributed by atoms with Crippen LogP contribution in [0, 0.1) is 0 Å². The van der Waals surface area contributed by atoms with Gasteiger partial charge in [0.25, 0.3) is 5.56 Å². The molecule has 0 spiro atoms. The van der Waals surface area contributed by atoms with E-state index in [2.05, 4.69) is 20.4 Å². The van der Waals surface area contributed by atoms with E-state index in [0.717, 1.165) is 0 Å². The minimum Gasteiger partial charge on any atom is -0.353 e. The molecule has 0 atom stereocenters. The van der Waals surface area contributed by atoms with Crippen LogP contribution in [-0.4, -0.2) is 57.9 Å². The fraction of sp³-hybridized carbons (Fsp3) is 0.667. The Morgan fingerprint density at radius 2 is 1.92 bits per heavy atom. The molecule has 1 aliphatic heterocycles. The number of aromatic amines is 1. The van der Waals surface area contributed by atoms with E-state index in [0.29, 0.717) is 42.9 Å². The topological polar surface area (TPSA) is 113 Å². The first-order valence-electron chi connectivity index (χ1n) is 8.26. The number of rotatable bonds is 3. The number of aromatic nitrogens is 4. The van der Waals surface area contributed by atoms with Gasteiger partial charge in [-0.05, 0) is 33.6 Å². The Balaban J connectivity index is 1.82. The summed E-state index contributed by atoms with van der Waals surface area (Å²) in [6, 6.07) is 0.0598. The van der Waals surface area contributed by atoms with Crippen LogP contribution in [0.1, 0.15) is 33.6 Å². The van der Waals surface area contributed by atoms with Gasteiger partial charge >= 0.3 is 0 Å². The number of fused-ring (bicyclic) bond motifs is 1. The number of H-pyrrole nitrogens is 1. The molecule has 3 heterocycles. The summed E-state index contributed by atoms with van der Waals surface area (Å²) >= 11 is 0. The van der Waals surface area contributed by atoms with Crippen LogP contribution >= 0.6 is 0 Å². The number of piperidine rings is 1. The Kier molecular flexibility index (Phi) is 4.36. The average Bonchev–Trinajstić information content (AvgIpc) is 2.91. The van der Waals surface area contributed by atoms with E-state index in [1.807, 2.05) is 20.8 Å². The number of sulfonamides is 1. The summed E-state index contributed by atoms with van der Waals surface area (Å²) in [5, 5.41) is 7.96. The van der Waals surface area contributed by atoms with Gasteiger partial charge in [0.05, 0.1) is 18.0 Å². The quantitative estimate of drug-likeness (QED) is 0.825. The normalized spacial score (nSPS) is 17.9. The van der Waals surface area contributed by atoms with Gasteiger partial charge in [-0.25, -0.2) is 17.4 Å². The highest BCUT2D eigenvalue weighted by Crippen LogP contribution is 2.20. The molecule has 0 unspecified atom stereocenters. The molecule has 0 amide bonds. The standard InChI is InChI=1S/C15H24N6O3S/c1-15(2,3)21-12-11(9-16-21)13(22)19-14(18-12)17-10-5-7-20(8-6-10)25(4,23)24/h9-10H,5-8H2,1-4H3,(H2,17,18,19,22). The number of nitrogens with one attached hydrogen (secondary N) is 2. The van der Waals surface area contributed by atoms with Crippen molar-refractivity contribution in [2.45, 2.75) is 45.2 Å². The summed E-state index contributed by atoms with van der Waals surface area (Å²) in [7, 11) is -3.15. The van der Waals surface area contributed by atoms with Crippen LogP contribution in [0.4, 0.5) is 5.95 Å². The fourth-order valence-corrected chi connectivity index (χ4v) is 3.88. The van der Waals surface area contributed by atoms with Crippen molar-refractivity contribution < 1.29 is 8.42 Å². The number of anilines is 1. The highest BCUT2D eigenvalue weighted by atomic mass is 32.2. The maximum atomic E-state index is 12.3. The monoisotopic (exact) mass is 368 g/mol. The maximum Gasteiger partial charge on any atom is 0.263 e. The maximum absolute atomic E-state index is 12.3. The van der Waals surface area contributed by atoms with E-state index in [1.54, 1.807) is 4.68 Å². The van der Waals surface area contributed by atoms with Crippen LogP contribution in [0.3, 0.4) is 0 Å². The molecule has 0 aromatic carbocycles. The molecule has 0 radical (unpaired) electrons. The third kappa shape index (κ3) is 3.69. The van der Waals surface area contributed by atoms with E-state index >= 15 is 0 Å². The van der Waals surface area contributed by atoms with Crippen LogP contribution in [0.25, 0.3) is 11.0 Å². The Bertz CT molecular complexity index is 932. The van der Waals surface area contributed by atoms with Gasteiger partial charge in [-0.3, -0.25) is 9.78 Å². The van der Waals surface area contributed by atoms with Crippen molar-refractivity contribution in [3.63, 3.8) is 0 Å². The molecule has 0 bridgehead atoms. The molecule has 2 N–H and O–H groups in total. The Morgan fingerprint density at radius 3 is 2.48 bits per heavy atom. The molecule has 2 aromatic rings. The predicted octanol–water partition coefficient (Wildman–Crippen LogP) is 0.711. The second-order valence-corrected chi connectivity index (χ2v) is 9.44. The molecule has 10 heteroatoms.